The van der Waals surface area contributed by atoms with Crippen molar-refractivity contribution >= 4 is 5.69 Å². The molecule has 0 aliphatic heterocycles. The predicted octanol–water partition coefficient (Wildman–Crippen LogP) is -0.979. The van der Waals surface area contributed by atoms with Crippen molar-refractivity contribution in [2.45, 2.75) is 13.5 Å². The second-order valence-electron chi connectivity index (χ2n) is 2.77. The van der Waals surface area contributed by atoms with Crippen molar-refractivity contribution in [2.24, 2.45) is 7.05 Å². The molecule has 1 aromatic rings. The molecule has 6 heteroatoms. The maximum Gasteiger partial charge on any atom is 0.331 e. The summed E-state index contributed by atoms with van der Waals surface area (Å²) < 4.78 is 2.05. The summed E-state index contributed by atoms with van der Waals surface area (Å²) in [7, 11) is 1.41. The lowest BCUT2D eigenvalue weighted by Gasteiger charge is -2.07. The highest BCUT2D eigenvalue weighted by molar-refractivity contribution is 5.47. The van der Waals surface area contributed by atoms with Crippen LogP contribution >= 0.6 is 0 Å². The molecule has 74 valence electrons. The van der Waals surface area contributed by atoms with E-state index in [-0.39, 0.29) is 17.9 Å². The summed E-state index contributed by atoms with van der Waals surface area (Å²) in [5.74, 6) is 0. The minimum atomic E-state index is -0.604. The van der Waals surface area contributed by atoms with Gasteiger partial charge < -0.3 is 5.73 Å². The predicted molar refractivity (Wildman–Crippen MR) is 50.7 cm³/mol. The Morgan fingerprint density at radius 3 is 2.50 bits per heavy atom. The van der Waals surface area contributed by atoms with Crippen molar-refractivity contribution < 1.29 is 0 Å². The first-order valence-electron chi connectivity index (χ1n) is 4.04. The standard InChI is InChI=1S/C8H10N4O2/c1-3-12-7(13)6(10)5(4-9)11(2)8(12)14/h3,10H2,1-2H3. The van der Waals surface area contributed by atoms with Gasteiger partial charge in [0.05, 0.1) is 0 Å². The minimum absolute atomic E-state index is 0.0929. The smallest absolute Gasteiger partial charge is 0.331 e. The summed E-state index contributed by atoms with van der Waals surface area (Å²) in [6.45, 7) is 1.90. The highest BCUT2D eigenvalue weighted by Crippen LogP contribution is 1.99. The summed E-state index contributed by atoms with van der Waals surface area (Å²) in [6.07, 6.45) is 0. The Bertz CT molecular complexity index is 481. The third kappa shape index (κ3) is 1.19. The van der Waals surface area contributed by atoms with Crippen LogP contribution in [0, 0.1) is 11.3 Å². The van der Waals surface area contributed by atoms with Crippen LogP contribution in [0.4, 0.5) is 5.69 Å². The number of rotatable bonds is 1. The number of nitrogens with zero attached hydrogens (tertiary/aromatic N) is 3. The van der Waals surface area contributed by atoms with E-state index < -0.39 is 11.2 Å². The molecule has 0 saturated heterocycles. The molecule has 1 rings (SSSR count). The fraction of sp³-hybridized carbons (Fsp3) is 0.375. The normalized spacial score (nSPS) is 9.79. The van der Waals surface area contributed by atoms with E-state index >= 15 is 0 Å². The fourth-order valence-corrected chi connectivity index (χ4v) is 1.21. The van der Waals surface area contributed by atoms with Crippen LogP contribution in [0.5, 0.6) is 0 Å². The Morgan fingerprint density at radius 1 is 1.50 bits per heavy atom. The molecule has 2 N–H and O–H groups in total. The molecule has 0 fully saturated rings. The van der Waals surface area contributed by atoms with Gasteiger partial charge in [-0.3, -0.25) is 13.9 Å². The number of aromatic nitrogens is 2. The highest BCUT2D eigenvalue weighted by Gasteiger charge is 2.12. The van der Waals surface area contributed by atoms with Crippen LogP contribution in [0.2, 0.25) is 0 Å². The van der Waals surface area contributed by atoms with Gasteiger partial charge in [0.25, 0.3) is 5.56 Å². The molecule has 0 aliphatic carbocycles. The Kier molecular flexibility index (Phi) is 2.42. The second-order valence-corrected chi connectivity index (χ2v) is 2.77. The van der Waals surface area contributed by atoms with Crippen molar-refractivity contribution in [3.8, 4) is 6.07 Å². The van der Waals surface area contributed by atoms with Crippen molar-refractivity contribution in [3.05, 3.63) is 26.5 Å². The first-order valence-corrected chi connectivity index (χ1v) is 4.04. The molecular formula is C8H10N4O2. The van der Waals surface area contributed by atoms with Gasteiger partial charge in [-0.15, -0.1) is 0 Å². The molecule has 0 spiro atoms. The zero-order chi connectivity index (χ0) is 10.9. The zero-order valence-corrected chi connectivity index (χ0v) is 7.94. The van der Waals surface area contributed by atoms with Crippen molar-refractivity contribution in [3.63, 3.8) is 0 Å². The number of nitrogens with two attached hydrogens (primary N) is 1. The maximum absolute atomic E-state index is 11.5. The number of nitriles is 1. The van der Waals surface area contributed by atoms with Crippen LogP contribution in [0.1, 0.15) is 12.6 Å². The van der Waals surface area contributed by atoms with Crippen LogP contribution in [0.25, 0.3) is 0 Å². The highest BCUT2D eigenvalue weighted by atomic mass is 16.2. The SMILES string of the molecule is CCn1c(=O)c(N)c(C#N)n(C)c1=O. The van der Waals surface area contributed by atoms with Crippen LogP contribution in [-0.4, -0.2) is 9.13 Å². The molecule has 0 radical (unpaired) electrons. The van der Waals surface area contributed by atoms with Gasteiger partial charge in [-0.1, -0.05) is 0 Å². The average Bonchev–Trinajstić information content (AvgIpc) is 2.17. The molecule has 0 atom stereocenters. The summed E-state index contributed by atoms with van der Waals surface area (Å²) in [5.41, 5.74) is 4.02. The van der Waals surface area contributed by atoms with E-state index in [0.717, 1.165) is 9.13 Å². The van der Waals surface area contributed by atoms with E-state index in [2.05, 4.69) is 0 Å². The second kappa shape index (κ2) is 3.38. The third-order valence-corrected chi connectivity index (χ3v) is 2.01. The average molecular weight is 194 g/mol. The van der Waals surface area contributed by atoms with E-state index in [1.807, 2.05) is 0 Å². The first kappa shape index (κ1) is 10.1. The van der Waals surface area contributed by atoms with Crippen LogP contribution < -0.4 is 17.0 Å². The van der Waals surface area contributed by atoms with Gasteiger partial charge in [0, 0.05) is 13.6 Å². The van der Waals surface area contributed by atoms with Gasteiger partial charge in [0.15, 0.2) is 5.69 Å². The number of hydrogen-bond donors (Lipinski definition) is 1. The zero-order valence-electron chi connectivity index (χ0n) is 7.94. The van der Waals surface area contributed by atoms with E-state index in [9.17, 15) is 9.59 Å². The quantitative estimate of drug-likeness (QED) is 0.621. The lowest BCUT2D eigenvalue weighted by Crippen LogP contribution is -2.41. The van der Waals surface area contributed by atoms with Gasteiger partial charge >= 0.3 is 5.69 Å². The Balaban J connectivity index is 3.85. The van der Waals surface area contributed by atoms with Crippen LogP contribution in [0.3, 0.4) is 0 Å². The largest absolute Gasteiger partial charge is 0.392 e. The molecule has 0 aromatic carbocycles. The maximum atomic E-state index is 11.5. The van der Waals surface area contributed by atoms with Crippen LogP contribution in [0.15, 0.2) is 9.59 Å². The Hall–Kier alpha value is -2.03. The monoisotopic (exact) mass is 194 g/mol. The first-order chi connectivity index (χ1) is 6.54. The van der Waals surface area contributed by atoms with E-state index in [1.165, 1.54) is 7.05 Å². The van der Waals surface area contributed by atoms with Crippen molar-refractivity contribution in [1.29, 1.82) is 5.26 Å². The minimum Gasteiger partial charge on any atom is -0.392 e. The summed E-state index contributed by atoms with van der Waals surface area (Å²) >= 11 is 0. The van der Waals surface area contributed by atoms with Gasteiger partial charge in [0.1, 0.15) is 11.8 Å². The molecule has 6 nitrogen and oxygen atoms in total. The molecular weight excluding hydrogens is 184 g/mol. The molecule has 1 heterocycles. The summed E-state index contributed by atoms with van der Waals surface area (Å²) in [4.78, 5) is 22.9. The Morgan fingerprint density at radius 2 is 2.07 bits per heavy atom. The molecule has 0 amide bonds. The number of anilines is 1. The molecule has 0 aliphatic rings. The molecule has 0 bridgehead atoms. The topological polar surface area (TPSA) is 93.8 Å². The molecule has 0 unspecified atom stereocenters. The lowest BCUT2D eigenvalue weighted by molar-refractivity contribution is 0.620. The lowest BCUT2D eigenvalue weighted by atomic mass is 10.3. The number of nitrogen functional groups attached to an aromatic ring is 1. The summed E-state index contributed by atoms with van der Waals surface area (Å²) in [5, 5.41) is 8.67. The van der Waals surface area contributed by atoms with Gasteiger partial charge in [-0.2, -0.15) is 5.26 Å². The van der Waals surface area contributed by atoms with Crippen LogP contribution in [-0.2, 0) is 13.6 Å². The Labute approximate surface area is 79.8 Å². The van der Waals surface area contributed by atoms with Gasteiger partial charge in [-0.25, -0.2) is 4.79 Å². The van der Waals surface area contributed by atoms with E-state index in [0.29, 0.717) is 0 Å². The molecule has 1 aromatic heterocycles. The van der Waals surface area contributed by atoms with E-state index in [4.69, 9.17) is 11.0 Å². The number of hydrogen-bond acceptors (Lipinski definition) is 4. The van der Waals surface area contributed by atoms with Crippen molar-refractivity contribution in [2.75, 3.05) is 5.73 Å². The fourth-order valence-electron chi connectivity index (χ4n) is 1.21. The third-order valence-electron chi connectivity index (χ3n) is 2.01. The molecule has 0 saturated carbocycles. The van der Waals surface area contributed by atoms with Crippen molar-refractivity contribution in [1.82, 2.24) is 9.13 Å². The van der Waals surface area contributed by atoms with Gasteiger partial charge in [0.2, 0.25) is 0 Å². The molecule has 14 heavy (non-hydrogen) atoms. The van der Waals surface area contributed by atoms with Gasteiger partial charge in [-0.05, 0) is 6.92 Å². The summed E-state index contributed by atoms with van der Waals surface area (Å²) in [6, 6.07) is 1.72. The van der Waals surface area contributed by atoms with E-state index in [1.54, 1.807) is 13.0 Å².